The van der Waals surface area contributed by atoms with Crippen LogP contribution in [0.1, 0.15) is 5.56 Å². The lowest BCUT2D eigenvalue weighted by atomic mass is 10.2. The van der Waals surface area contributed by atoms with Crippen molar-refractivity contribution in [2.24, 2.45) is 0 Å². The summed E-state index contributed by atoms with van der Waals surface area (Å²) >= 11 is 9.43. The van der Waals surface area contributed by atoms with Gasteiger partial charge >= 0.3 is 0 Å². The summed E-state index contributed by atoms with van der Waals surface area (Å²) in [5, 5.41) is 0.935. The van der Waals surface area contributed by atoms with Crippen LogP contribution in [0.25, 0.3) is 0 Å². The summed E-state index contributed by atoms with van der Waals surface area (Å²) in [6.45, 7) is 0. The van der Waals surface area contributed by atoms with E-state index in [1.54, 1.807) is 18.2 Å². The zero-order valence-electron chi connectivity index (χ0n) is 6.63. The molecule has 0 aliphatic heterocycles. The van der Waals surface area contributed by atoms with Crippen molar-refractivity contribution in [3.05, 3.63) is 33.8 Å². The van der Waals surface area contributed by atoms with Gasteiger partial charge in [-0.25, -0.2) is 0 Å². The second-order valence-electron chi connectivity index (χ2n) is 2.51. The maximum absolute atomic E-state index is 10.3. The van der Waals surface area contributed by atoms with Crippen LogP contribution in [-0.4, -0.2) is 14.5 Å². The van der Waals surface area contributed by atoms with Crippen LogP contribution in [-0.2, 0) is 17.5 Å². The second-order valence-corrected chi connectivity index (χ2v) is 4.34. The van der Waals surface area contributed by atoms with E-state index in [2.05, 4.69) is 0 Å². The highest BCUT2D eigenvalue weighted by molar-refractivity contribution is 7.79. The van der Waals surface area contributed by atoms with E-state index in [1.807, 2.05) is 0 Å². The third-order valence-corrected chi connectivity index (χ3v) is 2.82. The number of benzene rings is 1. The molecule has 13 heavy (non-hydrogen) atoms. The second kappa shape index (κ2) is 4.96. The first-order valence-electron chi connectivity index (χ1n) is 3.59. The van der Waals surface area contributed by atoms with Gasteiger partial charge in [0.05, 0.1) is 10.0 Å². The van der Waals surface area contributed by atoms with E-state index in [-0.39, 0.29) is 5.75 Å². The number of aryl methyl sites for hydroxylation is 1. The number of rotatable bonds is 3. The number of hydrogen-bond acceptors (Lipinski definition) is 2. The molecule has 0 heterocycles. The molecule has 2 nitrogen and oxygen atoms in total. The smallest absolute Gasteiger partial charge is 0.0595 e. The van der Waals surface area contributed by atoms with Crippen LogP contribution in [0.4, 0.5) is 0 Å². The topological polar surface area (TPSA) is 40.1 Å². The zero-order chi connectivity index (χ0) is 9.84. The first kappa shape index (κ1) is 11.0. The van der Waals surface area contributed by atoms with E-state index >= 15 is 0 Å². The fourth-order valence-corrected chi connectivity index (χ4v) is 1.62. The van der Waals surface area contributed by atoms with Crippen molar-refractivity contribution in [1.29, 1.82) is 0 Å². The maximum Gasteiger partial charge on any atom is 0.0595 e. The summed E-state index contributed by atoms with van der Waals surface area (Å²) in [7, 11) is 0. The van der Waals surface area contributed by atoms with Crippen LogP contribution in [0.15, 0.2) is 18.2 Å². The van der Waals surface area contributed by atoms with Gasteiger partial charge < -0.3 is 4.55 Å². The SMILES string of the molecule is O=S([O-])CCc1ccc(Cl)c(Cl)c1. The van der Waals surface area contributed by atoms with Crippen molar-refractivity contribution in [1.82, 2.24) is 0 Å². The molecule has 1 atom stereocenters. The molecule has 5 heteroatoms. The Morgan fingerprint density at radius 2 is 2.00 bits per heavy atom. The van der Waals surface area contributed by atoms with Crippen LogP contribution in [0.2, 0.25) is 10.0 Å². The van der Waals surface area contributed by atoms with Crippen molar-refractivity contribution in [3.8, 4) is 0 Å². The summed E-state index contributed by atoms with van der Waals surface area (Å²) in [6.07, 6.45) is 0.465. The number of halogens is 2. The molecule has 0 aromatic heterocycles. The average Bonchev–Trinajstić information content (AvgIpc) is 2.07. The zero-order valence-corrected chi connectivity index (χ0v) is 8.96. The Bertz CT molecular complexity index is 328. The van der Waals surface area contributed by atoms with E-state index in [4.69, 9.17) is 23.2 Å². The van der Waals surface area contributed by atoms with Crippen LogP contribution < -0.4 is 0 Å². The van der Waals surface area contributed by atoms with Crippen molar-refractivity contribution in [2.75, 3.05) is 5.75 Å². The predicted octanol–water partition coefficient (Wildman–Crippen LogP) is 2.42. The minimum atomic E-state index is -2.00. The molecule has 0 aliphatic carbocycles. The molecule has 72 valence electrons. The summed E-state index contributed by atoms with van der Waals surface area (Å²) in [6, 6.07) is 5.10. The average molecular weight is 238 g/mol. The minimum Gasteiger partial charge on any atom is -0.772 e. The van der Waals surface area contributed by atoms with Crippen molar-refractivity contribution < 1.29 is 8.76 Å². The summed E-state index contributed by atoms with van der Waals surface area (Å²) in [5.41, 5.74) is 0.874. The largest absolute Gasteiger partial charge is 0.772 e. The maximum atomic E-state index is 10.3. The Kier molecular flexibility index (Phi) is 4.19. The van der Waals surface area contributed by atoms with Crippen molar-refractivity contribution in [3.63, 3.8) is 0 Å². The van der Waals surface area contributed by atoms with Gasteiger partial charge in [0.1, 0.15) is 0 Å². The monoisotopic (exact) mass is 237 g/mol. The van der Waals surface area contributed by atoms with Gasteiger partial charge in [-0.3, -0.25) is 4.21 Å². The van der Waals surface area contributed by atoms with E-state index < -0.39 is 11.1 Å². The van der Waals surface area contributed by atoms with Crippen LogP contribution in [0, 0.1) is 0 Å². The molecule has 0 aliphatic rings. The molecule has 1 rings (SSSR count). The van der Waals surface area contributed by atoms with Crippen molar-refractivity contribution in [2.45, 2.75) is 6.42 Å². The molecule has 0 spiro atoms. The molecule has 0 N–H and O–H groups in total. The van der Waals surface area contributed by atoms with Gasteiger partial charge in [0.25, 0.3) is 0 Å². The summed E-state index contributed by atoms with van der Waals surface area (Å²) in [5.74, 6) is 0.109. The Hall–Kier alpha value is -0.0900. The quantitative estimate of drug-likeness (QED) is 0.758. The Balaban J connectivity index is 2.68. The molecule has 0 saturated heterocycles. The minimum absolute atomic E-state index is 0.109. The third kappa shape index (κ3) is 3.65. The Morgan fingerprint density at radius 3 is 2.54 bits per heavy atom. The highest BCUT2D eigenvalue weighted by atomic mass is 35.5. The van der Waals surface area contributed by atoms with E-state index in [1.165, 1.54) is 0 Å². The van der Waals surface area contributed by atoms with Gasteiger partial charge in [0, 0.05) is 5.75 Å². The van der Waals surface area contributed by atoms with Gasteiger partial charge in [0.15, 0.2) is 0 Å². The van der Waals surface area contributed by atoms with Crippen molar-refractivity contribution >= 4 is 34.3 Å². The lowest BCUT2D eigenvalue weighted by Gasteiger charge is -2.05. The molecule has 0 saturated carbocycles. The van der Waals surface area contributed by atoms with Crippen LogP contribution >= 0.6 is 23.2 Å². The molecule has 0 fully saturated rings. The standard InChI is InChI=1S/C8H8Cl2O2S/c9-7-2-1-6(5-8(7)10)3-4-13(11)12/h1-2,5H,3-4H2,(H,11,12)/p-1. The lowest BCUT2D eigenvalue weighted by Crippen LogP contribution is -1.99. The third-order valence-electron chi connectivity index (χ3n) is 1.54. The fourth-order valence-electron chi connectivity index (χ4n) is 0.896. The summed E-state index contributed by atoms with van der Waals surface area (Å²) < 4.78 is 20.5. The van der Waals surface area contributed by atoms with E-state index in [0.29, 0.717) is 16.5 Å². The first-order valence-corrected chi connectivity index (χ1v) is 5.59. The normalized spacial score (nSPS) is 12.8. The van der Waals surface area contributed by atoms with E-state index in [9.17, 15) is 8.76 Å². The predicted molar refractivity (Wildman–Crippen MR) is 54.0 cm³/mol. The Morgan fingerprint density at radius 1 is 1.31 bits per heavy atom. The molecule has 1 aromatic carbocycles. The molecule has 1 unspecified atom stereocenters. The highest BCUT2D eigenvalue weighted by Gasteiger charge is 1.99. The fraction of sp³-hybridized carbons (Fsp3) is 0.250. The van der Waals surface area contributed by atoms with Gasteiger partial charge in [0.2, 0.25) is 0 Å². The molecular weight excluding hydrogens is 231 g/mol. The van der Waals surface area contributed by atoms with Crippen LogP contribution in [0.5, 0.6) is 0 Å². The summed E-state index contributed by atoms with van der Waals surface area (Å²) in [4.78, 5) is 0. The van der Waals surface area contributed by atoms with Gasteiger partial charge in [-0.1, -0.05) is 40.3 Å². The van der Waals surface area contributed by atoms with Crippen LogP contribution in [0.3, 0.4) is 0 Å². The van der Waals surface area contributed by atoms with E-state index in [0.717, 1.165) is 5.56 Å². The highest BCUT2D eigenvalue weighted by Crippen LogP contribution is 2.22. The molecular formula is C8H7Cl2O2S-. The molecule has 0 radical (unpaired) electrons. The Labute approximate surface area is 89.1 Å². The molecule has 0 bridgehead atoms. The lowest BCUT2D eigenvalue weighted by molar-refractivity contribution is 0.536. The molecule has 0 amide bonds. The van der Waals surface area contributed by atoms with Gasteiger partial charge in [-0.15, -0.1) is 0 Å². The number of hydrogen-bond donors (Lipinski definition) is 0. The molecule has 1 aromatic rings. The first-order chi connectivity index (χ1) is 6.09. The van der Waals surface area contributed by atoms with Gasteiger partial charge in [-0.05, 0) is 24.1 Å². The van der Waals surface area contributed by atoms with Gasteiger partial charge in [-0.2, -0.15) is 0 Å².